The Morgan fingerprint density at radius 2 is 1.96 bits per heavy atom. The first-order chi connectivity index (χ1) is 11.9. The fourth-order valence-electron chi connectivity index (χ4n) is 2.83. The Hall–Kier alpha value is -1.43. The Kier molecular flexibility index (Phi) is 10.4. The molecule has 4 N–H and O–H groups in total. The molecule has 1 aromatic rings. The summed E-state index contributed by atoms with van der Waals surface area (Å²) in [4.78, 5) is 11.6. The zero-order valence-corrected chi connectivity index (χ0v) is 15.8. The van der Waals surface area contributed by atoms with Crippen LogP contribution in [0.5, 0.6) is 0 Å². The van der Waals surface area contributed by atoms with E-state index in [0.717, 1.165) is 25.7 Å². The van der Waals surface area contributed by atoms with Crippen LogP contribution in [0.1, 0.15) is 45.6 Å². The number of benzene rings is 1. The van der Waals surface area contributed by atoms with E-state index < -0.39 is 6.04 Å². The number of hydrogen-bond acceptors (Lipinski definition) is 4. The maximum Gasteiger partial charge on any atom is 0.367 e. The van der Waals surface area contributed by atoms with Crippen LogP contribution in [0.4, 0.5) is 0 Å². The normalized spacial score (nSPS) is 25.5. The van der Waals surface area contributed by atoms with Crippen molar-refractivity contribution >= 4 is 5.97 Å². The molecule has 0 radical (unpaired) electrons. The number of ether oxygens (including phenoxy) is 2. The first-order valence-corrected chi connectivity index (χ1v) is 9.25. The van der Waals surface area contributed by atoms with E-state index in [1.54, 1.807) is 0 Å². The van der Waals surface area contributed by atoms with Crippen LogP contribution < -0.4 is 5.73 Å². The van der Waals surface area contributed by atoms with Crippen LogP contribution in [-0.2, 0) is 20.7 Å². The molecule has 4 atom stereocenters. The fraction of sp³-hybridized carbons (Fsp3) is 0.650. The summed E-state index contributed by atoms with van der Waals surface area (Å²) < 4.78 is 11.0. The molecule has 1 heterocycles. The molecule has 1 saturated heterocycles. The zero-order valence-electron chi connectivity index (χ0n) is 15.8. The van der Waals surface area contributed by atoms with Crippen molar-refractivity contribution in [3.8, 4) is 0 Å². The van der Waals surface area contributed by atoms with Crippen molar-refractivity contribution in [3.05, 3.63) is 35.9 Å². The molecule has 0 bridgehead atoms. The Morgan fingerprint density at radius 3 is 2.52 bits per heavy atom. The highest BCUT2D eigenvalue weighted by atomic mass is 16.5. The zero-order chi connectivity index (χ0) is 18.7. The number of hydrogen-bond donors (Lipinski definition) is 2. The third-order valence-electron chi connectivity index (χ3n) is 4.06. The van der Waals surface area contributed by atoms with Gasteiger partial charge in [-0.1, -0.05) is 43.7 Å². The highest BCUT2D eigenvalue weighted by Gasteiger charge is 2.26. The van der Waals surface area contributed by atoms with Crippen LogP contribution in [0.15, 0.2) is 30.3 Å². The molecule has 25 heavy (non-hydrogen) atoms. The molecule has 2 rings (SSSR count). The first kappa shape index (κ1) is 21.6. The molecular formula is C20H34NO4+. The molecule has 0 saturated carbocycles. The smallest absolute Gasteiger partial charge is 0.367 e. The second kappa shape index (κ2) is 12.0. The van der Waals surface area contributed by atoms with Crippen LogP contribution in [-0.4, -0.2) is 42.5 Å². The van der Waals surface area contributed by atoms with Crippen molar-refractivity contribution < 1.29 is 25.1 Å². The number of rotatable bonds is 4. The molecule has 142 valence electrons. The van der Waals surface area contributed by atoms with E-state index in [1.165, 1.54) is 5.56 Å². The number of aliphatic hydroxyl groups excluding tert-OH is 1. The fourth-order valence-corrected chi connectivity index (χ4v) is 2.83. The van der Waals surface area contributed by atoms with Gasteiger partial charge in [0.05, 0.1) is 18.8 Å². The van der Waals surface area contributed by atoms with E-state index in [1.807, 2.05) is 32.0 Å². The summed E-state index contributed by atoms with van der Waals surface area (Å²) in [5.41, 5.74) is 5.06. The molecule has 1 aromatic carbocycles. The van der Waals surface area contributed by atoms with Crippen molar-refractivity contribution in [1.29, 1.82) is 0 Å². The van der Waals surface area contributed by atoms with E-state index in [4.69, 9.17) is 14.6 Å². The summed E-state index contributed by atoms with van der Waals surface area (Å²) in [6.45, 7) is 6.81. The lowest BCUT2D eigenvalue weighted by molar-refractivity contribution is -0.415. The van der Waals surface area contributed by atoms with Crippen molar-refractivity contribution in [1.82, 2.24) is 0 Å². The SMILES string of the molecule is CC1CC(Cc2ccccc2)COC[C@H]([NH3+])C(=O)O1.CCCC(C)O. The van der Waals surface area contributed by atoms with E-state index in [-0.39, 0.29) is 18.2 Å². The highest BCUT2D eigenvalue weighted by Crippen LogP contribution is 2.18. The predicted octanol–water partition coefficient (Wildman–Crippen LogP) is 1.98. The van der Waals surface area contributed by atoms with E-state index in [9.17, 15) is 4.79 Å². The molecule has 0 spiro atoms. The van der Waals surface area contributed by atoms with Gasteiger partial charge in [-0.2, -0.15) is 0 Å². The molecule has 0 aromatic heterocycles. The summed E-state index contributed by atoms with van der Waals surface area (Å²) >= 11 is 0. The van der Waals surface area contributed by atoms with Crippen molar-refractivity contribution in [3.63, 3.8) is 0 Å². The van der Waals surface area contributed by atoms with E-state index in [0.29, 0.717) is 19.1 Å². The van der Waals surface area contributed by atoms with Gasteiger partial charge in [-0.25, -0.2) is 4.79 Å². The number of carbonyl (C=O) groups excluding carboxylic acids is 1. The van der Waals surface area contributed by atoms with Crippen LogP contribution in [0.25, 0.3) is 0 Å². The van der Waals surface area contributed by atoms with Gasteiger partial charge in [-0.15, -0.1) is 0 Å². The van der Waals surface area contributed by atoms with Gasteiger partial charge >= 0.3 is 5.97 Å². The molecule has 5 heteroatoms. The maximum atomic E-state index is 11.6. The summed E-state index contributed by atoms with van der Waals surface area (Å²) in [5, 5.41) is 8.55. The Balaban J connectivity index is 0.000000450. The van der Waals surface area contributed by atoms with Gasteiger partial charge in [0.1, 0.15) is 6.61 Å². The molecule has 0 amide bonds. The summed E-state index contributed by atoms with van der Waals surface area (Å²) in [5.74, 6) is 0.114. The average Bonchev–Trinajstić information content (AvgIpc) is 2.60. The average molecular weight is 352 g/mol. The van der Waals surface area contributed by atoms with E-state index in [2.05, 4.69) is 24.8 Å². The molecule has 0 aliphatic carbocycles. The Morgan fingerprint density at radius 1 is 1.28 bits per heavy atom. The summed E-state index contributed by atoms with van der Waals surface area (Å²) in [6.07, 6.45) is 3.61. The second-order valence-corrected chi connectivity index (χ2v) is 6.91. The summed E-state index contributed by atoms with van der Waals surface area (Å²) in [6, 6.07) is 9.92. The van der Waals surface area contributed by atoms with E-state index >= 15 is 0 Å². The van der Waals surface area contributed by atoms with Gasteiger partial charge < -0.3 is 20.3 Å². The monoisotopic (exact) mass is 352 g/mol. The third-order valence-corrected chi connectivity index (χ3v) is 4.06. The lowest BCUT2D eigenvalue weighted by Gasteiger charge is -2.19. The molecule has 1 aliphatic heterocycles. The minimum Gasteiger partial charge on any atom is -0.458 e. The van der Waals surface area contributed by atoms with Crippen LogP contribution >= 0.6 is 0 Å². The molecular weight excluding hydrogens is 318 g/mol. The largest absolute Gasteiger partial charge is 0.458 e. The minimum atomic E-state index is -0.419. The molecule has 1 aliphatic rings. The van der Waals surface area contributed by atoms with Gasteiger partial charge in [-0.3, -0.25) is 0 Å². The van der Waals surface area contributed by atoms with Crippen molar-refractivity contribution in [2.24, 2.45) is 5.92 Å². The predicted molar refractivity (Wildman–Crippen MR) is 97.9 cm³/mol. The second-order valence-electron chi connectivity index (χ2n) is 6.91. The first-order valence-electron chi connectivity index (χ1n) is 9.25. The highest BCUT2D eigenvalue weighted by molar-refractivity contribution is 5.74. The number of esters is 1. The minimum absolute atomic E-state index is 0.0767. The van der Waals surface area contributed by atoms with Gasteiger partial charge in [-0.05, 0) is 44.6 Å². The number of cyclic esters (lactones) is 1. The van der Waals surface area contributed by atoms with Crippen LogP contribution in [0.3, 0.4) is 0 Å². The number of carbonyl (C=O) groups is 1. The molecule has 3 unspecified atom stereocenters. The van der Waals surface area contributed by atoms with Gasteiger partial charge in [0.25, 0.3) is 0 Å². The Labute approximate surface area is 151 Å². The third kappa shape index (κ3) is 9.58. The molecule has 5 nitrogen and oxygen atoms in total. The molecule has 1 fully saturated rings. The van der Waals surface area contributed by atoms with Crippen molar-refractivity contribution in [2.75, 3.05) is 13.2 Å². The standard InChI is InChI=1S/C15H21NO3.C5H12O/c1-11-7-13(8-12-5-3-2-4-6-12)9-18-10-14(16)15(17)19-11;1-3-4-5(2)6/h2-6,11,13-14H,7-10,16H2,1H3;5-6H,3-4H2,1-2H3/p+1/t11?,13?,14-;/m0./s1. The Bertz CT molecular complexity index is 478. The van der Waals surface area contributed by atoms with Crippen LogP contribution in [0.2, 0.25) is 0 Å². The van der Waals surface area contributed by atoms with Crippen molar-refractivity contribution in [2.45, 2.75) is 64.7 Å². The van der Waals surface area contributed by atoms with Gasteiger partial charge in [0, 0.05) is 0 Å². The lowest BCUT2D eigenvalue weighted by atomic mass is 9.95. The lowest BCUT2D eigenvalue weighted by Crippen LogP contribution is -2.67. The van der Waals surface area contributed by atoms with Gasteiger partial charge in [0.15, 0.2) is 0 Å². The summed E-state index contributed by atoms with van der Waals surface area (Å²) in [7, 11) is 0. The topological polar surface area (TPSA) is 83.4 Å². The number of aliphatic hydroxyl groups is 1. The maximum absolute atomic E-state index is 11.6. The van der Waals surface area contributed by atoms with Crippen LogP contribution in [0, 0.1) is 5.92 Å². The quantitative estimate of drug-likeness (QED) is 0.812. The van der Waals surface area contributed by atoms with Gasteiger partial charge in [0.2, 0.25) is 6.04 Å². The number of quaternary nitrogens is 1.